The minimum Gasteiger partial charge on any atom is -0.311 e. The van der Waals surface area contributed by atoms with Gasteiger partial charge in [-0.1, -0.05) is 22.0 Å². The molecule has 0 radical (unpaired) electrons. The zero-order chi connectivity index (χ0) is 13.2. The third-order valence-electron chi connectivity index (χ3n) is 4.59. The van der Waals surface area contributed by atoms with Gasteiger partial charge in [-0.15, -0.1) is 0 Å². The number of halogens is 1. The summed E-state index contributed by atoms with van der Waals surface area (Å²) in [5, 5.41) is 4.81. The van der Waals surface area contributed by atoms with Crippen molar-refractivity contribution < 1.29 is 0 Å². The van der Waals surface area contributed by atoms with E-state index < -0.39 is 0 Å². The first-order valence-corrected chi connectivity index (χ1v) is 9.39. The second-order valence-corrected chi connectivity index (χ2v) is 7.94. The van der Waals surface area contributed by atoms with E-state index in [-0.39, 0.29) is 0 Å². The molecule has 0 spiro atoms. The van der Waals surface area contributed by atoms with Gasteiger partial charge in [0, 0.05) is 21.8 Å². The molecule has 2 aliphatic rings. The maximum Gasteiger partial charge on any atom is 0.0178 e. The van der Waals surface area contributed by atoms with Gasteiger partial charge in [0.2, 0.25) is 0 Å². The fraction of sp³-hybridized carbons (Fsp3) is 0.625. The molecule has 0 bridgehead atoms. The Morgan fingerprint density at radius 3 is 2.84 bits per heavy atom. The van der Waals surface area contributed by atoms with Crippen LogP contribution >= 0.6 is 27.7 Å². The zero-order valence-electron chi connectivity index (χ0n) is 11.5. The molecule has 3 heteroatoms. The van der Waals surface area contributed by atoms with E-state index in [1.807, 2.05) is 11.8 Å². The maximum atomic E-state index is 3.91. The van der Waals surface area contributed by atoms with Crippen LogP contribution in [0.3, 0.4) is 0 Å². The van der Waals surface area contributed by atoms with Crippen LogP contribution in [0, 0.1) is 0 Å². The molecule has 3 rings (SSSR count). The Kier molecular flexibility index (Phi) is 4.55. The molecule has 0 aromatic heterocycles. The zero-order valence-corrected chi connectivity index (χ0v) is 13.9. The van der Waals surface area contributed by atoms with E-state index in [9.17, 15) is 0 Å². The van der Waals surface area contributed by atoms with Crippen molar-refractivity contribution in [1.82, 2.24) is 5.32 Å². The van der Waals surface area contributed by atoms with Crippen LogP contribution in [0.2, 0.25) is 0 Å². The summed E-state index contributed by atoms with van der Waals surface area (Å²) in [5.74, 6) is 0. The number of hydrogen-bond acceptors (Lipinski definition) is 2. The number of nitrogens with one attached hydrogen (secondary N) is 1. The largest absolute Gasteiger partial charge is 0.311 e. The van der Waals surface area contributed by atoms with Gasteiger partial charge in [-0.3, -0.25) is 0 Å². The molecule has 0 heterocycles. The van der Waals surface area contributed by atoms with Crippen molar-refractivity contribution in [2.24, 2.45) is 0 Å². The van der Waals surface area contributed by atoms with Gasteiger partial charge in [0.1, 0.15) is 0 Å². The number of hydrogen-bond donors (Lipinski definition) is 1. The van der Waals surface area contributed by atoms with E-state index in [0.717, 1.165) is 11.3 Å². The third-order valence-corrected chi connectivity index (χ3v) is 6.17. The fourth-order valence-corrected chi connectivity index (χ4v) is 4.71. The van der Waals surface area contributed by atoms with E-state index in [1.54, 1.807) is 11.1 Å². The van der Waals surface area contributed by atoms with Crippen molar-refractivity contribution in [1.29, 1.82) is 0 Å². The van der Waals surface area contributed by atoms with Crippen LogP contribution in [0.1, 0.15) is 36.8 Å². The van der Waals surface area contributed by atoms with Gasteiger partial charge >= 0.3 is 0 Å². The number of benzene rings is 1. The standard InChI is InChI=1S/C16H22BrNS/c1-19-16-7-6-15(10-16)18-14-5-3-11-8-13(17)4-2-12(11)9-14/h2,4,8,14-16,18H,3,5-7,9-10H2,1H3. The van der Waals surface area contributed by atoms with E-state index in [2.05, 4.69) is 45.7 Å². The van der Waals surface area contributed by atoms with Crippen molar-refractivity contribution in [3.63, 3.8) is 0 Å². The summed E-state index contributed by atoms with van der Waals surface area (Å²) < 4.78 is 1.22. The molecular weight excluding hydrogens is 318 g/mol. The average molecular weight is 340 g/mol. The van der Waals surface area contributed by atoms with Gasteiger partial charge < -0.3 is 5.32 Å². The van der Waals surface area contributed by atoms with Crippen molar-refractivity contribution in [3.8, 4) is 0 Å². The van der Waals surface area contributed by atoms with Gasteiger partial charge in [-0.2, -0.15) is 11.8 Å². The molecule has 1 nitrogen and oxygen atoms in total. The first kappa shape index (κ1) is 14.0. The molecule has 1 aromatic rings. The van der Waals surface area contributed by atoms with Crippen LogP contribution in [-0.2, 0) is 12.8 Å². The summed E-state index contributed by atoms with van der Waals surface area (Å²) in [6.07, 6.45) is 10.1. The van der Waals surface area contributed by atoms with Crippen molar-refractivity contribution in [3.05, 3.63) is 33.8 Å². The number of rotatable bonds is 3. The normalized spacial score (nSPS) is 30.3. The number of fused-ring (bicyclic) bond motifs is 1. The Morgan fingerprint density at radius 2 is 2.05 bits per heavy atom. The highest BCUT2D eigenvalue weighted by molar-refractivity contribution is 9.10. The first-order valence-electron chi connectivity index (χ1n) is 7.30. The van der Waals surface area contributed by atoms with Crippen LogP contribution in [0.5, 0.6) is 0 Å². The van der Waals surface area contributed by atoms with Crippen LogP contribution in [0.15, 0.2) is 22.7 Å². The molecule has 1 fully saturated rings. The fourth-order valence-electron chi connectivity index (χ4n) is 3.50. The predicted octanol–water partition coefficient (Wildman–Crippen LogP) is 4.18. The van der Waals surface area contributed by atoms with Crippen LogP contribution in [0.25, 0.3) is 0 Å². The average Bonchev–Trinajstić information content (AvgIpc) is 2.86. The minimum atomic E-state index is 0.694. The quantitative estimate of drug-likeness (QED) is 0.886. The van der Waals surface area contributed by atoms with Gasteiger partial charge in [0.05, 0.1) is 0 Å². The van der Waals surface area contributed by atoms with Gasteiger partial charge in [-0.05, 0) is 68.0 Å². The molecule has 0 saturated heterocycles. The van der Waals surface area contributed by atoms with Gasteiger partial charge in [0.25, 0.3) is 0 Å². The van der Waals surface area contributed by atoms with E-state index in [1.165, 1.54) is 43.0 Å². The molecule has 0 amide bonds. The SMILES string of the molecule is CSC1CCC(NC2CCc3cc(Br)ccc3C2)C1. The summed E-state index contributed by atoms with van der Waals surface area (Å²) in [7, 11) is 0. The van der Waals surface area contributed by atoms with E-state index in [4.69, 9.17) is 0 Å². The first-order chi connectivity index (χ1) is 9.24. The van der Waals surface area contributed by atoms with Crippen LogP contribution in [-0.4, -0.2) is 23.6 Å². The van der Waals surface area contributed by atoms with Gasteiger partial charge in [-0.25, -0.2) is 0 Å². The molecule has 19 heavy (non-hydrogen) atoms. The minimum absolute atomic E-state index is 0.694. The second kappa shape index (κ2) is 6.19. The lowest BCUT2D eigenvalue weighted by Gasteiger charge is -2.28. The summed E-state index contributed by atoms with van der Waals surface area (Å²) in [6, 6.07) is 8.23. The molecule has 104 valence electrons. The predicted molar refractivity (Wildman–Crippen MR) is 88.0 cm³/mol. The monoisotopic (exact) mass is 339 g/mol. The number of thioether (sulfide) groups is 1. The molecule has 1 saturated carbocycles. The highest BCUT2D eigenvalue weighted by Crippen LogP contribution is 2.30. The summed E-state index contributed by atoms with van der Waals surface area (Å²) in [5.41, 5.74) is 3.09. The van der Waals surface area contributed by atoms with Crippen LogP contribution < -0.4 is 5.32 Å². The molecule has 1 N–H and O–H groups in total. The lowest BCUT2D eigenvalue weighted by Crippen LogP contribution is -2.40. The molecule has 3 unspecified atom stereocenters. The van der Waals surface area contributed by atoms with Crippen molar-refractivity contribution >= 4 is 27.7 Å². The van der Waals surface area contributed by atoms with Crippen LogP contribution in [0.4, 0.5) is 0 Å². The lowest BCUT2D eigenvalue weighted by molar-refractivity contribution is 0.396. The molecule has 0 aliphatic heterocycles. The summed E-state index contributed by atoms with van der Waals surface area (Å²) in [4.78, 5) is 0. The van der Waals surface area contributed by atoms with E-state index >= 15 is 0 Å². The Labute approximate surface area is 129 Å². The third kappa shape index (κ3) is 3.37. The lowest BCUT2D eigenvalue weighted by atomic mass is 9.88. The Morgan fingerprint density at radius 1 is 1.16 bits per heavy atom. The number of aryl methyl sites for hydroxylation is 1. The second-order valence-electron chi connectivity index (χ2n) is 5.89. The summed E-state index contributed by atoms with van der Waals surface area (Å²) >= 11 is 5.62. The highest BCUT2D eigenvalue weighted by Gasteiger charge is 2.27. The van der Waals surface area contributed by atoms with Crippen molar-refractivity contribution in [2.75, 3.05) is 6.26 Å². The molecule has 3 atom stereocenters. The highest BCUT2D eigenvalue weighted by atomic mass is 79.9. The van der Waals surface area contributed by atoms with Gasteiger partial charge in [0.15, 0.2) is 0 Å². The Hall–Kier alpha value is 0.01000. The molecule has 2 aliphatic carbocycles. The topological polar surface area (TPSA) is 12.0 Å². The molecular formula is C16H22BrNS. The Bertz CT molecular complexity index is 448. The smallest absolute Gasteiger partial charge is 0.0178 e. The molecule has 1 aromatic carbocycles. The maximum absolute atomic E-state index is 3.91. The summed E-state index contributed by atoms with van der Waals surface area (Å²) in [6.45, 7) is 0. The Balaban J connectivity index is 1.59. The van der Waals surface area contributed by atoms with E-state index in [0.29, 0.717) is 6.04 Å². The van der Waals surface area contributed by atoms with Crippen molar-refractivity contribution in [2.45, 2.75) is 55.9 Å².